The molecule has 1 aromatic rings. The van der Waals surface area contributed by atoms with E-state index in [4.69, 9.17) is 16.3 Å². The summed E-state index contributed by atoms with van der Waals surface area (Å²) in [5.74, 6) is 1.55. The summed E-state index contributed by atoms with van der Waals surface area (Å²) in [6, 6.07) is 7.91. The molecule has 0 spiro atoms. The van der Waals surface area contributed by atoms with Crippen LogP contribution in [0.5, 0.6) is 5.75 Å². The molecule has 1 aliphatic carbocycles. The zero-order chi connectivity index (χ0) is 13.3. The minimum atomic E-state index is -0.0824. The molecule has 1 saturated carbocycles. The van der Waals surface area contributed by atoms with Crippen molar-refractivity contribution in [1.82, 2.24) is 5.32 Å². The van der Waals surface area contributed by atoms with E-state index < -0.39 is 0 Å². The molecule has 0 bridgehead atoms. The van der Waals surface area contributed by atoms with Crippen molar-refractivity contribution in [3.8, 4) is 5.75 Å². The standard InChI is InChI=1S/C15H18ClNO2/c16-9-15(5-6-15)10-17-14(18)12-7-11-3-1-2-4-13(11)19-8-12/h1-4,12H,5-10H2,(H,17,18). The summed E-state index contributed by atoms with van der Waals surface area (Å²) in [6.45, 7) is 1.17. The molecular formula is C15H18ClNO2. The van der Waals surface area contributed by atoms with Gasteiger partial charge in [0.05, 0.1) is 5.92 Å². The highest BCUT2D eigenvalue weighted by atomic mass is 35.5. The Bertz CT molecular complexity index is 485. The van der Waals surface area contributed by atoms with Gasteiger partial charge in [-0.05, 0) is 30.9 Å². The van der Waals surface area contributed by atoms with Gasteiger partial charge in [0, 0.05) is 17.8 Å². The zero-order valence-corrected chi connectivity index (χ0v) is 11.6. The fourth-order valence-corrected chi connectivity index (χ4v) is 2.81. The topological polar surface area (TPSA) is 38.3 Å². The van der Waals surface area contributed by atoms with Crippen LogP contribution in [-0.4, -0.2) is 24.9 Å². The monoisotopic (exact) mass is 279 g/mol. The van der Waals surface area contributed by atoms with E-state index >= 15 is 0 Å². The lowest BCUT2D eigenvalue weighted by Gasteiger charge is -2.25. The molecule has 1 amide bonds. The van der Waals surface area contributed by atoms with E-state index in [1.54, 1.807) is 0 Å². The second-order valence-electron chi connectivity index (χ2n) is 5.67. The van der Waals surface area contributed by atoms with Crippen LogP contribution in [0.1, 0.15) is 18.4 Å². The average molecular weight is 280 g/mol. The number of para-hydroxylation sites is 1. The molecule has 4 heteroatoms. The van der Waals surface area contributed by atoms with Crippen molar-refractivity contribution in [3.63, 3.8) is 0 Å². The second-order valence-corrected chi connectivity index (χ2v) is 5.94. The number of benzene rings is 1. The van der Waals surface area contributed by atoms with Crippen LogP contribution in [-0.2, 0) is 11.2 Å². The summed E-state index contributed by atoms with van der Waals surface area (Å²) in [4.78, 5) is 12.2. The van der Waals surface area contributed by atoms with E-state index in [1.165, 1.54) is 0 Å². The van der Waals surface area contributed by atoms with Crippen molar-refractivity contribution < 1.29 is 9.53 Å². The van der Waals surface area contributed by atoms with E-state index in [-0.39, 0.29) is 17.2 Å². The summed E-state index contributed by atoms with van der Waals surface area (Å²) in [7, 11) is 0. The van der Waals surface area contributed by atoms with Gasteiger partial charge < -0.3 is 10.1 Å². The SMILES string of the molecule is O=C(NCC1(CCl)CC1)C1COc2ccccc2C1. The van der Waals surface area contributed by atoms with Crippen molar-refractivity contribution >= 4 is 17.5 Å². The Kier molecular flexibility index (Phi) is 3.40. The van der Waals surface area contributed by atoms with Crippen molar-refractivity contribution in [1.29, 1.82) is 0 Å². The molecule has 3 rings (SSSR count). The van der Waals surface area contributed by atoms with Gasteiger partial charge in [0.25, 0.3) is 0 Å². The number of ether oxygens (including phenoxy) is 1. The summed E-state index contributed by atoms with van der Waals surface area (Å²) in [6.07, 6.45) is 3.01. The molecule has 0 saturated heterocycles. The first-order valence-corrected chi connectivity index (χ1v) is 7.30. The molecule has 1 atom stereocenters. The maximum atomic E-state index is 12.2. The Morgan fingerprint density at radius 2 is 2.21 bits per heavy atom. The third kappa shape index (κ3) is 2.71. The predicted octanol–water partition coefficient (Wildman–Crippen LogP) is 2.37. The molecule has 1 fully saturated rings. The molecule has 1 aromatic carbocycles. The van der Waals surface area contributed by atoms with Gasteiger partial charge in [-0.15, -0.1) is 11.6 Å². The summed E-state index contributed by atoms with van der Waals surface area (Å²) in [5, 5.41) is 3.03. The molecule has 0 aromatic heterocycles. The lowest BCUT2D eigenvalue weighted by molar-refractivity contribution is -0.126. The molecular weight excluding hydrogens is 262 g/mol. The minimum Gasteiger partial charge on any atom is -0.492 e. The van der Waals surface area contributed by atoms with Crippen LogP contribution in [0.25, 0.3) is 0 Å². The second kappa shape index (κ2) is 5.04. The molecule has 0 radical (unpaired) electrons. The number of fused-ring (bicyclic) bond motifs is 1. The minimum absolute atomic E-state index is 0.0824. The number of hydrogen-bond acceptors (Lipinski definition) is 2. The Morgan fingerprint density at radius 1 is 1.42 bits per heavy atom. The Balaban J connectivity index is 1.57. The summed E-state index contributed by atoms with van der Waals surface area (Å²) in [5.41, 5.74) is 1.29. The first kappa shape index (κ1) is 12.8. The fraction of sp³-hybridized carbons (Fsp3) is 0.533. The first-order chi connectivity index (χ1) is 9.22. The average Bonchev–Trinajstić information content (AvgIpc) is 3.25. The van der Waals surface area contributed by atoms with Gasteiger partial charge in [0.15, 0.2) is 0 Å². The van der Waals surface area contributed by atoms with Crippen LogP contribution in [0.4, 0.5) is 0 Å². The van der Waals surface area contributed by atoms with Crippen LogP contribution in [0, 0.1) is 11.3 Å². The molecule has 3 nitrogen and oxygen atoms in total. The predicted molar refractivity (Wildman–Crippen MR) is 74.5 cm³/mol. The van der Waals surface area contributed by atoms with Gasteiger partial charge in [-0.2, -0.15) is 0 Å². The maximum absolute atomic E-state index is 12.2. The molecule has 1 heterocycles. The van der Waals surface area contributed by atoms with Gasteiger partial charge in [0.1, 0.15) is 12.4 Å². The normalized spacial score (nSPS) is 23.1. The number of amides is 1. The molecule has 2 aliphatic rings. The molecule has 1 N–H and O–H groups in total. The number of alkyl halides is 1. The fourth-order valence-electron chi connectivity index (χ4n) is 2.45. The van der Waals surface area contributed by atoms with Gasteiger partial charge in [-0.25, -0.2) is 0 Å². The number of rotatable bonds is 4. The highest BCUT2D eigenvalue weighted by molar-refractivity contribution is 6.18. The maximum Gasteiger partial charge on any atom is 0.226 e. The van der Waals surface area contributed by atoms with Crippen molar-refractivity contribution in [2.24, 2.45) is 11.3 Å². The van der Waals surface area contributed by atoms with E-state index in [0.29, 0.717) is 19.0 Å². The molecule has 1 aliphatic heterocycles. The van der Waals surface area contributed by atoms with Gasteiger partial charge >= 0.3 is 0 Å². The van der Waals surface area contributed by atoms with Gasteiger partial charge in [-0.3, -0.25) is 4.79 Å². The smallest absolute Gasteiger partial charge is 0.226 e. The highest BCUT2D eigenvalue weighted by Gasteiger charge is 2.42. The largest absolute Gasteiger partial charge is 0.492 e. The Morgan fingerprint density at radius 3 is 2.95 bits per heavy atom. The van der Waals surface area contributed by atoms with Crippen LogP contribution in [0.3, 0.4) is 0 Å². The van der Waals surface area contributed by atoms with Gasteiger partial charge in [-0.1, -0.05) is 18.2 Å². The molecule has 102 valence electrons. The van der Waals surface area contributed by atoms with Gasteiger partial charge in [0.2, 0.25) is 5.91 Å². The van der Waals surface area contributed by atoms with Crippen molar-refractivity contribution in [2.75, 3.05) is 19.0 Å². The van der Waals surface area contributed by atoms with E-state index in [9.17, 15) is 4.79 Å². The third-order valence-corrected chi connectivity index (χ3v) is 4.69. The quantitative estimate of drug-likeness (QED) is 0.860. The zero-order valence-electron chi connectivity index (χ0n) is 10.8. The van der Waals surface area contributed by atoms with E-state index in [2.05, 4.69) is 5.32 Å². The number of carbonyl (C=O) groups excluding carboxylic acids is 1. The number of carbonyl (C=O) groups is 1. The number of nitrogens with one attached hydrogen (secondary N) is 1. The summed E-state index contributed by atoms with van der Waals surface area (Å²) < 4.78 is 5.64. The first-order valence-electron chi connectivity index (χ1n) is 6.77. The molecule has 19 heavy (non-hydrogen) atoms. The van der Waals surface area contributed by atoms with Crippen molar-refractivity contribution in [3.05, 3.63) is 29.8 Å². The number of hydrogen-bond donors (Lipinski definition) is 1. The van der Waals surface area contributed by atoms with Crippen LogP contribution >= 0.6 is 11.6 Å². The third-order valence-electron chi connectivity index (χ3n) is 4.13. The van der Waals surface area contributed by atoms with Crippen LogP contribution in [0.15, 0.2) is 24.3 Å². The Hall–Kier alpha value is -1.22. The lowest BCUT2D eigenvalue weighted by atomic mass is 9.96. The summed E-state index contributed by atoms with van der Waals surface area (Å²) >= 11 is 5.92. The lowest BCUT2D eigenvalue weighted by Crippen LogP contribution is -2.40. The van der Waals surface area contributed by atoms with Crippen molar-refractivity contribution in [2.45, 2.75) is 19.3 Å². The van der Waals surface area contributed by atoms with Crippen LogP contribution in [0.2, 0.25) is 0 Å². The van der Waals surface area contributed by atoms with Crippen LogP contribution < -0.4 is 10.1 Å². The number of halogens is 1. The molecule has 1 unspecified atom stereocenters. The highest BCUT2D eigenvalue weighted by Crippen LogP contribution is 2.45. The van der Waals surface area contributed by atoms with E-state index in [0.717, 1.165) is 30.6 Å². The Labute approximate surface area is 118 Å². The van der Waals surface area contributed by atoms with E-state index in [1.807, 2.05) is 24.3 Å².